The predicted octanol–water partition coefficient (Wildman–Crippen LogP) is 2.82. The second kappa shape index (κ2) is 10.6. The normalized spacial score (nSPS) is 11.5. The molecule has 4 N–H and O–H groups in total. The van der Waals surface area contributed by atoms with Gasteiger partial charge >= 0.3 is 11.9 Å². The van der Waals surface area contributed by atoms with Crippen molar-refractivity contribution >= 4 is 11.9 Å². The molecule has 0 aromatic heterocycles. The molecule has 0 aliphatic heterocycles. The lowest BCUT2D eigenvalue weighted by molar-refractivity contribution is -0.254. The molecule has 0 aliphatic rings. The molecule has 0 heterocycles. The van der Waals surface area contributed by atoms with E-state index in [0.717, 1.165) is 0 Å². The predicted molar refractivity (Wildman–Crippen MR) is 86.4 cm³/mol. The van der Waals surface area contributed by atoms with E-state index in [1.54, 1.807) is 41.5 Å². The zero-order valence-corrected chi connectivity index (χ0v) is 15.3. The number of carboxylic acids is 2. The summed E-state index contributed by atoms with van der Waals surface area (Å²) in [6.07, 6.45) is 0. The van der Waals surface area contributed by atoms with E-state index in [-0.39, 0.29) is 17.8 Å². The van der Waals surface area contributed by atoms with Crippen molar-refractivity contribution in [3.63, 3.8) is 0 Å². The van der Waals surface area contributed by atoms with Crippen LogP contribution in [0, 0.1) is 23.2 Å². The van der Waals surface area contributed by atoms with Crippen molar-refractivity contribution in [3.05, 3.63) is 0 Å². The summed E-state index contributed by atoms with van der Waals surface area (Å²) in [6, 6.07) is 0. The van der Waals surface area contributed by atoms with Gasteiger partial charge in [-0.25, -0.2) is 0 Å². The number of hydrogen-bond acceptors (Lipinski definition) is 4. The Morgan fingerprint density at radius 1 is 0.727 bits per heavy atom. The van der Waals surface area contributed by atoms with E-state index in [0.29, 0.717) is 0 Å². The molecule has 6 heteroatoms. The maximum Gasteiger partial charge on any atom is 0.305 e. The van der Waals surface area contributed by atoms with Crippen molar-refractivity contribution in [1.29, 1.82) is 0 Å². The molecule has 6 nitrogen and oxygen atoms in total. The van der Waals surface area contributed by atoms with Gasteiger partial charge in [0.15, 0.2) is 5.79 Å². The van der Waals surface area contributed by atoms with Crippen LogP contribution in [0.2, 0.25) is 0 Å². The number of aliphatic carboxylic acids is 2. The molecule has 22 heavy (non-hydrogen) atoms. The SMILES string of the molecule is CC(C)C(=O)O.CC(C)C(=O)O.CC(C)C(O)(O)C(C)(C)C. The van der Waals surface area contributed by atoms with Crippen molar-refractivity contribution in [2.45, 2.75) is 68.1 Å². The van der Waals surface area contributed by atoms with Gasteiger partial charge in [-0.05, 0) is 0 Å². The fraction of sp³-hybridized carbons (Fsp3) is 0.875. The third-order valence-electron chi connectivity index (χ3n) is 2.90. The molecule has 0 aromatic carbocycles. The molecule has 0 unspecified atom stereocenters. The second-order valence-electron chi connectivity index (χ2n) is 7.12. The molecule has 0 saturated carbocycles. The monoisotopic (exact) mass is 322 g/mol. The van der Waals surface area contributed by atoms with E-state index in [2.05, 4.69) is 0 Å². The van der Waals surface area contributed by atoms with Gasteiger partial charge in [-0.15, -0.1) is 0 Å². The number of hydrogen-bond donors (Lipinski definition) is 4. The highest BCUT2D eigenvalue weighted by atomic mass is 16.5. The second-order valence-corrected chi connectivity index (χ2v) is 7.12. The Morgan fingerprint density at radius 3 is 0.909 bits per heavy atom. The van der Waals surface area contributed by atoms with E-state index in [4.69, 9.17) is 10.2 Å². The summed E-state index contributed by atoms with van der Waals surface area (Å²) in [5.41, 5.74) is -0.471. The third kappa shape index (κ3) is 12.6. The van der Waals surface area contributed by atoms with Gasteiger partial charge in [-0.3, -0.25) is 9.59 Å². The maximum absolute atomic E-state index is 9.70. The summed E-state index contributed by atoms with van der Waals surface area (Å²) in [5, 5.41) is 34.9. The van der Waals surface area contributed by atoms with Crippen LogP contribution in [0.1, 0.15) is 62.3 Å². The summed E-state index contributed by atoms with van der Waals surface area (Å²) in [5.74, 6) is -3.64. The van der Waals surface area contributed by atoms with Crippen LogP contribution in [0.15, 0.2) is 0 Å². The zero-order chi connectivity index (χ0) is 18.9. The van der Waals surface area contributed by atoms with Gasteiger partial charge in [-0.1, -0.05) is 62.3 Å². The van der Waals surface area contributed by atoms with Crippen molar-refractivity contribution in [3.8, 4) is 0 Å². The van der Waals surface area contributed by atoms with Gasteiger partial charge in [0.1, 0.15) is 0 Å². The molecule has 0 aromatic rings. The van der Waals surface area contributed by atoms with Crippen LogP contribution in [0.5, 0.6) is 0 Å². The van der Waals surface area contributed by atoms with Crippen molar-refractivity contribution in [2.24, 2.45) is 23.2 Å². The largest absolute Gasteiger partial charge is 0.481 e. The zero-order valence-electron chi connectivity index (χ0n) is 15.3. The molecule has 0 fully saturated rings. The molecule has 0 amide bonds. The molecular weight excluding hydrogens is 288 g/mol. The Kier molecular flexibility index (Phi) is 12.4. The number of rotatable bonds is 3. The Labute approximate surface area is 134 Å². The Morgan fingerprint density at radius 2 is 0.909 bits per heavy atom. The van der Waals surface area contributed by atoms with E-state index < -0.39 is 23.1 Å². The van der Waals surface area contributed by atoms with Gasteiger partial charge in [0, 0.05) is 11.3 Å². The van der Waals surface area contributed by atoms with Crippen molar-refractivity contribution in [1.82, 2.24) is 0 Å². The molecule has 0 rings (SSSR count). The first kappa shape index (κ1) is 25.8. The highest BCUT2D eigenvalue weighted by Gasteiger charge is 2.40. The van der Waals surface area contributed by atoms with Crippen LogP contribution in [0.4, 0.5) is 0 Å². The van der Waals surface area contributed by atoms with E-state index in [1.165, 1.54) is 0 Å². The molecule has 0 aliphatic carbocycles. The number of aliphatic hydroxyl groups is 2. The molecule has 0 radical (unpaired) electrons. The lowest BCUT2D eigenvalue weighted by Crippen LogP contribution is -2.47. The summed E-state index contributed by atoms with van der Waals surface area (Å²) < 4.78 is 0. The van der Waals surface area contributed by atoms with Gasteiger partial charge < -0.3 is 20.4 Å². The van der Waals surface area contributed by atoms with Crippen LogP contribution in [0.25, 0.3) is 0 Å². The van der Waals surface area contributed by atoms with Gasteiger partial charge in [0.2, 0.25) is 0 Å². The van der Waals surface area contributed by atoms with Crippen LogP contribution < -0.4 is 0 Å². The Bertz CT molecular complexity index is 306. The van der Waals surface area contributed by atoms with Crippen LogP contribution >= 0.6 is 0 Å². The summed E-state index contributed by atoms with van der Waals surface area (Å²) >= 11 is 0. The molecule has 0 bridgehead atoms. The highest BCUT2D eigenvalue weighted by molar-refractivity contribution is 5.69. The van der Waals surface area contributed by atoms with Gasteiger partial charge in [-0.2, -0.15) is 0 Å². The van der Waals surface area contributed by atoms with Gasteiger partial charge in [0.25, 0.3) is 0 Å². The molecule has 134 valence electrons. The standard InChI is InChI=1S/C8H18O2.2C4H8O2/c1-6(2)8(9,10)7(3,4)5;2*1-3(2)4(5)6/h6,9-10H,1-5H3;2*3H,1-2H3,(H,5,6). The van der Waals surface area contributed by atoms with E-state index in [9.17, 15) is 19.8 Å². The van der Waals surface area contributed by atoms with Crippen LogP contribution in [0.3, 0.4) is 0 Å². The van der Waals surface area contributed by atoms with Gasteiger partial charge in [0.05, 0.1) is 11.8 Å². The average molecular weight is 322 g/mol. The molecular formula is C16H34O6. The van der Waals surface area contributed by atoms with Crippen molar-refractivity contribution < 1.29 is 30.0 Å². The fourth-order valence-corrected chi connectivity index (χ4v) is 0.866. The first-order valence-corrected chi connectivity index (χ1v) is 7.38. The first-order chi connectivity index (χ1) is 9.48. The smallest absolute Gasteiger partial charge is 0.305 e. The Balaban J connectivity index is -0.000000261. The molecule has 0 spiro atoms. The Hall–Kier alpha value is -1.14. The summed E-state index contributed by atoms with van der Waals surface area (Å²) in [6.45, 7) is 15.6. The van der Waals surface area contributed by atoms with E-state index in [1.807, 2.05) is 20.8 Å². The minimum absolute atomic E-state index is 0.132. The van der Waals surface area contributed by atoms with Crippen LogP contribution in [-0.2, 0) is 9.59 Å². The number of carboxylic acid groups (broad SMARTS) is 2. The molecule has 0 atom stereocenters. The highest BCUT2D eigenvalue weighted by Crippen LogP contribution is 2.33. The van der Waals surface area contributed by atoms with Crippen molar-refractivity contribution in [2.75, 3.05) is 0 Å². The summed E-state index contributed by atoms with van der Waals surface area (Å²) in [7, 11) is 0. The lowest BCUT2D eigenvalue weighted by Gasteiger charge is -2.38. The van der Waals surface area contributed by atoms with Crippen LogP contribution in [-0.4, -0.2) is 38.2 Å². The first-order valence-electron chi connectivity index (χ1n) is 7.38. The minimum atomic E-state index is -1.56. The number of carbonyl (C=O) groups is 2. The fourth-order valence-electron chi connectivity index (χ4n) is 0.866. The molecule has 0 saturated heterocycles. The topological polar surface area (TPSA) is 115 Å². The third-order valence-corrected chi connectivity index (χ3v) is 2.90. The quantitative estimate of drug-likeness (QED) is 0.594. The summed E-state index contributed by atoms with van der Waals surface area (Å²) in [4.78, 5) is 19.4. The average Bonchev–Trinajstić information content (AvgIpc) is 2.28. The maximum atomic E-state index is 9.70. The minimum Gasteiger partial charge on any atom is -0.481 e. The lowest BCUT2D eigenvalue weighted by atomic mass is 9.79. The van der Waals surface area contributed by atoms with E-state index >= 15 is 0 Å².